The highest BCUT2D eigenvalue weighted by Gasteiger charge is 2.42. The molecule has 2 aliphatic carbocycles. The number of likely N-dealkylation sites (tertiary alicyclic amines) is 2. The molecule has 3 aliphatic heterocycles. The lowest BCUT2D eigenvalue weighted by Crippen LogP contribution is -2.57. The number of hydrogen-bond acceptors (Lipinski definition) is 4. The minimum atomic E-state index is -2.81. The Morgan fingerprint density at radius 3 is 2.59 bits per heavy atom. The lowest BCUT2D eigenvalue weighted by molar-refractivity contribution is 0.0369. The highest BCUT2D eigenvalue weighted by molar-refractivity contribution is 7.91. The van der Waals surface area contributed by atoms with Gasteiger partial charge >= 0.3 is 0 Å². The van der Waals surface area contributed by atoms with Crippen molar-refractivity contribution in [3.8, 4) is 0 Å². The van der Waals surface area contributed by atoms with Crippen LogP contribution in [0, 0.1) is 11.8 Å². The van der Waals surface area contributed by atoms with Crippen LogP contribution in [-0.4, -0.2) is 80.0 Å². The van der Waals surface area contributed by atoms with Gasteiger partial charge in [-0.25, -0.2) is 8.42 Å². The van der Waals surface area contributed by atoms with Crippen LogP contribution < -0.4 is 5.32 Å². The maximum Gasteiger partial charge on any atom is 0.194 e. The van der Waals surface area contributed by atoms with Gasteiger partial charge in [-0.3, -0.25) is 9.89 Å². The number of fused-ring (bicyclic) bond motifs is 1. The summed E-state index contributed by atoms with van der Waals surface area (Å²) >= 11 is 0. The third-order valence-corrected chi connectivity index (χ3v) is 9.00. The predicted molar refractivity (Wildman–Crippen MR) is 108 cm³/mol. The van der Waals surface area contributed by atoms with Gasteiger partial charge in [0.1, 0.15) is 0 Å². The first-order valence-corrected chi connectivity index (χ1v) is 12.9. The van der Waals surface area contributed by atoms with E-state index >= 15 is 0 Å². The fourth-order valence-electron chi connectivity index (χ4n) is 5.37. The molecule has 27 heavy (non-hydrogen) atoms. The average molecular weight is 395 g/mol. The Morgan fingerprint density at radius 1 is 1.04 bits per heavy atom. The Balaban J connectivity index is 1.24. The normalized spacial score (nSPS) is 37.3. The van der Waals surface area contributed by atoms with Crippen LogP contribution in [0.5, 0.6) is 0 Å². The molecule has 0 aromatic rings. The van der Waals surface area contributed by atoms with Crippen LogP contribution in [0.2, 0.25) is 0 Å². The summed E-state index contributed by atoms with van der Waals surface area (Å²) in [5, 5.41) is 3.66. The molecule has 0 bridgehead atoms. The minimum Gasteiger partial charge on any atom is -0.354 e. The first-order chi connectivity index (χ1) is 13.1. The molecule has 5 aliphatic rings. The zero-order valence-electron chi connectivity index (χ0n) is 16.4. The Morgan fingerprint density at radius 2 is 1.89 bits per heavy atom. The van der Waals surface area contributed by atoms with Gasteiger partial charge in [-0.15, -0.1) is 0 Å². The number of aliphatic imine (C=N–C) groups is 1. The van der Waals surface area contributed by atoms with Crippen molar-refractivity contribution in [3.63, 3.8) is 0 Å². The van der Waals surface area contributed by atoms with Gasteiger partial charge in [-0.05, 0) is 69.7 Å². The number of piperidine rings is 2. The molecular formula is C20H34N4O2S. The summed E-state index contributed by atoms with van der Waals surface area (Å²) in [7, 11) is -2.81. The fraction of sp³-hybridized carbons (Fsp3) is 0.950. The smallest absolute Gasteiger partial charge is 0.194 e. The zero-order valence-corrected chi connectivity index (χ0v) is 17.2. The van der Waals surface area contributed by atoms with Gasteiger partial charge in [0, 0.05) is 37.8 Å². The van der Waals surface area contributed by atoms with E-state index in [0.717, 1.165) is 43.5 Å². The molecule has 1 N–H and O–H groups in total. The van der Waals surface area contributed by atoms with Crippen LogP contribution in [0.15, 0.2) is 4.99 Å². The highest BCUT2D eigenvalue weighted by atomic mass is 32.2. The van der Waals surface area contributed by atoms with Crippen molar-refractivity contribution < 1.29 is 8.42 Å². The van der Waals surface area contributed by atoms with Crippen molar-refractivity contribution in [2.45, 2.75) is 69.5 Å². The summed E-state index contributed by atoms with van der Waals surface area (Å²) in [6.45, 7) is 4.18. The Hall–Kier alpha value is -0.820. The van der Waals surface area contributed by atoms with Crippen molar-refractivity contribution in [1.29, 1.82) is 0 Å². The van der Waals surface area contributed by atoms with Gasteiger partial charge in [0.15, 0.2) is 15.8 Å². The summed E-state index contributed by atoms with van der Waals surface area (Å²) in [5.74, 6) is 2.72. The van der Waals surface area contributed by atoms with Crippen molar-refractivity contribution in [3.05, 3.63) is 0 Å². The maximum atomic E-state index is 11.7. The second-order valence-electron chi connectivity index (χ2n) is 9.53. The summed E-state index contributed by atoms with van der Waals surface area (Å²) in [6.07, 6.45) is 10.0. The quantitative estimate of drug-likeness (QED) is 0.578. The SMILES string of the molecule is O=S1(=O)CCC(CN=C(NC2CC2)N2CCC3C(CCCN3C3CC3)C2)C1. The Bertz CT molecular complexity index is 686. The van der Waals surface area contributed by atoms with Gasteiger partial charge in [-0.1, -0.05) is 0 Å². The third-order valence-electron chi connectivity index (χ3n) is 7.16. The molecule has 3 atom stereocenters. The largest absolute Gasteiger partial charge is 0.354 e. The van der Waals surface area contributed by atoms with Crippen molar-refractivity contribution in [2.75, 3.05) is 37.7 Å². The van der Waals surface area contributed by atoms with E-state index in [4.69, 9.17) is 4.99 Å². The monoisotopic (exact) mass is 394 g/mol. The van der Waals surface area contributed by atoms with Crippen LogP contribution in [0.1, 0.15) is 51.4 Å². The predicted octanol–water partition coefficient (Wildman–Crippen LogP) is 1.48. The molecule has 2 saturated carbocycles. The number of guanidine groups is 1. The van der Waals surface area contributed by atoms with E-state index in [1.807, 2.05) is 0 Å². The number of sulfone groups is 1. The van der Waals surface area contributed by atoms with Crippen molar-refractivity contribution in [1.82, 2.24) is 15.1 Å². The fourth-order valence-corrected chi connectivity index (χ4v) is 7.22. The van der Waals surface area contributed by atoms with Crippen LogP contribution in [-0.2, 0) is 9.84 Å². The van der Waals surface area contributed by atoms with Crippen LogP contribution in [0.4, 0.5) is 0 Å². The van der Waals surface area contributed by atoms with E-state index in [1.165, 1.54) is 51.5 Å². The van der Waals surface area contributed by atoms with Gasteiger partial charge in [0.05, 0.1) is 11.5 Å². The molecule has 7 heteroatoms. The van der Waals surface area contributed by atoms with E-state index in [-0.39, 0.29) is 5.92 Å². The Kier molecular flexibility index (Phi) is 4.87. The second kappa shape index (κ2) is 7.21. The van der Waals surface area contributed by atoms with E-state index in [9.17, 15) is 8.42 Å². The molecule has 0 spiro atoms. The van der Waals surface area contributed by atoms with Crippen molar-refractivity contribution in [2.24, 2.45) is 16.8 Å². The molecule has 0 aromatic heterocycles. The third kappa shape index (κ3) is 4.29. The van der Waals surface area contributed by atoms with Gasteiger partial charge in [0.2, 0.25) is 0 Å². The Labute approximate surface area is 163 Å². The summed E-state index contributed by atoms with van der Waals surface area (Å²) < 4.78 is 23.5. The van der Waals surface area contributed by atoms with Crippen molar-refractivity contribution >= 4 is 15.8 Å². The number of rotatable bonds is 4. The first-order valence-electron chi connectivity index (χ1n) is 11.1. The number of hydrogen-bond donors (Lipinski definition) is 1. The average Bonchev–Trinajstić information content (AvgIpc) is 3.57. The molecule has 5 fully saturated rings. The summed E-state index contributed by atoms with van der Waals surface area (Å²) in [6, 6.07) is 2.25. The molecule has 0 radical (unpaired) electrons. The van der Waals surface area contributed by atoms with Crippen LogP contribution >= 0.6 is 0 Å². The molecule has 3 unspecified atom stereocenters. The summed E-state index contributed by atoms with van der Waals surface area (Å²) in [4.78, 5) is 10.2. The molecule has 6 nitrogen and oxygen atoms in total. The molecule has 5 rings (SSSR count). The van der Waals surface area contributed by atoms with E-state index in [1.54, 1.807) is 0 Å². The first kappa shape index (κ1) is 18.2. The maximum absolute atomic E-state index is 11.7. The number of nitrogens with one attached hydrogen (secondary N) is 1. The number of nitrogens with zero attached hydrogens (tertiary/aromatic N) is 3. The molecule has 0 amide bonds. The molecule has 3 saturated heterocycles. The molecule has 3 heterocycles. The molecule has 0 aromatic carbocycles. The van der Waals surface area contributed by atoms with Gasteiger partial charge < -0.3 is 10.2 Å². The molecular weight excluding hydrogens is 360 g/mol. The van der Waals surface area contributed by atoms with E-state index in [2.05, 4.69) is 15.1 Å². The van der Waals surface area contributed by atoms with Crippen LogP contribution in [0.25, 0.3) is 0 Å². The lowest BCUT2D eigenvalue weighted by atomic mass is 9.83. The highest BCUT2D eigenvalue weighted by Crippen LogP contribution is 2.38. The van der Waals surface area contributed by atoms with E-state index in [0.29, 0.717) is 24.1 Å². The topological polar surface area (TPSA) is 65.0 Å². The molecule has 152 valence electrons. The van der Waals surface area contributed by atoms with Gasteiger partial charge in [0.25, 0.3) is 0 Å². The summed E-state index contributed by atoms with van der Waals surface area (Å²) in [5.41, 5.74) is 0. The second-order valence-corrected chi connectivity index (χ2v) is 11.8. The zero-order chi connectivity index (χ0) is 18.4. The standard InChI is InChI=1S/C20H34N4O2S/c25-27(26)11-8-15(14-27)12-21-20(22-17-3-4-17)23-10-7-19-16(13-23)2-1-9-24(19)18-5-6-18/h15-19H,1-14H2,(H,21,22). The lowest BCUT2D eigenvalue weighted by Gasteiger charge is -2.48. The minimum absolute atomic E-state index is 0.212. The van der Waals surface area contributed by atoms with Crippen LogP contribution in [0.3, 0.4) is 0 Å². The van der Waals surface area contributed by atoms with Gasteiger partial charge in [-0.2, -0.15) is 0 Å². The van der Waals surface area contributed by atoms with E-state index < -0.39 is 9.84 Å².